The zero-order chi connectivity index (χ0) is 35.0. The first-order valence-electron chi connectivity index (χ1n) is 18.1. The Hall–Kier alpha value is -5.17. The fraction of sp³-hybridized carbons (Fsp3) is 0.432. The lowest BCUT2D eigenvalue weighted by molar-refractivity contribution is -0.136. The SMILES string of the molecule is [2H]N1Cc2ccc(-c3ccc(N4CCC(CN5C6CCC5CN(c5ccc7c(c5)C(=O)N(C5CCC(=O)NC5=O)C7=O)C6)CC4)nn3)cc2C1=O. The molecule has 13 heteroatoms. The molecule has 256 valence electrons. The molecule has 4 saturated heterocycles. The fourth-order valence-electron chi connectivity index (χ4n) is 8.76. The highest BCUT2D eigenvalue weighted by molar-refractivity contribution is 6.23. The molecule has 0 radical (unpaired) electrons. The van der Waals surface area contributed by atoms with Crippen molar-refractivity contribution in [2.45, 2.75) is 63.2 Å². The molecule has 9 rings (SSSR count). The number of aromatic nitrogens is 2. The highest BCUT2D eigenvalue weighted by Crippen LogP contribution is 2.37. The molecule has 2 aromatic carbocycles. The van der Waals surface area contributed by atoms with Crippen molar-refractivity contribution >= 4 is 41.0 Å². The van der Waals surface area contributed by atoms with Gasteiger partial charge in [-0.2, -0.15) is 0 Å². The number of piperidine rings is 2. The zero-order valence-electron chi connectivity index (χ0n) is 28.6. The van der Waals surface area contributed by atoms with Crippen LogP contribution in [0.25, 0.3) is 11.3 Å². The summed E-state index contributed by atoms with van der Waals surface area (Å²) in [5.74, 6) is -0.779. The first-order valence-corrected chi connectivity index (χ1v) is 17.6. The Morgan fingerprint density at radius 3 is 2.30 bits per heavy atom. The summed E-state index contributed by atoms with van der Waals surface area (Å²) >= 11 is 0. The van der Waals surface area contributed by atoms with E-state index in [4.69, 9.17) is 1.41 Å². The molecule has 0 aliphatic carbocycles. The van der Waals surface area contributed by atoms with Crippen LogP contribution in [0.3, 0.4) is 0 Å². The summed E-state index contributed by atoms with van der Waals surface area (Å²) in [4.78, 5) is 71.3. The molecule has 1 aromatic heterocycles. The van der Waals surface area contributed by atoms with E-state index in [1.807, 2.05) is 36.4 Å². The lowest BCUT2D eigenvalue weighted by Crippen LogP contribution is -2.55. The number of carbonyl (C=O) groups excluding carboxylic acids is 5. The van der Waals surface area contributed by atoms with E-state index >= 15 is 0 Å². The molecule has 3 atom stereocenters. The van der Waals surface area contributed by atoms with Gasteiger partial charge >= 0.3 is 0 Å². The number of piperazine rings is 1. The van der Waals surface area contributed by atoms with Crippen LogP contribution < -0.4 is 20.4 Å². The Labute approximate surface area is 290 Å². The van der Waals surface area contributed by atoms with Gasteiger partial charge in [0.1, 0.15) is 6.04 Å². The van der Waals surface area contributed by atoms with Crippen molar-refractivity contribution < 1.29 is 25.4 Å². The molecule has 5 amide bonds. The molecule has 2 bridgehead atoms. The number of anilines is 2. The Bertz CT molecular complexity index is 1970. The molecule has 50 heavy (non-hydrogen) atoms. The van der Waals surface area contributed by atoms with Crippen LogP contribution in [-0.2, 0) is 16.1 Å². The van der Waals surface area contributed by atoms with Gasteiger partial charge in [-0.25, -0.2) is 0 Å². The highest BCUT2D eigenvalue weighted by atomic mass is 16.2. The number of hydrogen-bond donors (Lipinski definition) is 2. The highest BCUT2D eigenvalue weighted by Gasteiger charge is 2.46. The molecular weight excluding hydrogens is 636 g/mol. The minimum atomic E-state index is -0.967. The van der Waals surface area contributed by atoms with Gasteiger partial charge in [-0.3, -0.25) is 39.1 Å². The van der Waals surface area contributed by atoms with Crippen LogP contribution in [0, 0.1) is 5.92 Å². The van der Waals surface area contributed by atoms with Crippen molar-refractivity contribution in [2.24, 2.45) is 5.92 Å². The quantitative estimate of drug-likeness (QED) is 0.373. The molecule has 3 unspecified atom stereocenters. The van der Waals surface area contributed by atoms with Crippen molar-refractivity contribution in [1.82, 2.24) is 30.6 Å². The molecule has 0 spiro atoms. The third kappa shape index (κ3) is 5.22. The Morgan fingerprint density at radius 2 is 1.56 bits per heavy atom. The number of hydrogen-bond acceptors (Lipinski definition) is 10. The summed E-state index contributed by atoms with van der Waals surface area (Å²) in [5, 5.41) is 12.3. The fourth-order valence-corrected chi connectivity index (χ4v) is 8.76. The number of nitrogens with zero attached hydrogens (tertiary/aromatic N) is 6. The second-order valence-corrected chi connectivity index (χ2v) is 14.4. The maximum absolute atomic E-state index is 13.4. The van der Waals surface area contributed by atoms with Crippen LogP contribution in [0.15, 0.2) is 48.5 Å². The maximum Gasteiger partial charge on any atom is 0.262 e. The number of benzene rings is 2. The number of fused-ring (bicyclic) bond motifs is 4. The average Bonchev–Trinajstić information content (AvgIpc) is 3.65. The summed E-state index contributed by atoms with van der Waals surface area (Å²) in [6.07, 6.45) is 4.65. The summed E-state index contributed by atoms with van der Waals surface area (Å²) in [7, 11) is 0. The number of rotatable bonds is 6. The van der Waals surface area contributed by atoms with Gasteiger partial charge in [-0.15, -0.1) is 10.2 Å². The molecule has 6 aliphatic rings. The van der Waals surface area contributed by atoms with Crippen molar-refractivity contribution in [3.8, 4) is 11.3 Å². The van der Waals surface area contributed by atoms with Crippen LogP contribution in [0.1, 0.15) is 75.2 Å². The monoisotopic (exact) mass is 675 g/mol. The van der Waals surface area contributed by atoms with E-state index < -0.39 is 23.8 Å². The number of nitrogens with one attached hydrogen (secondary N) is 2. The molecule has 0 saturated carbocycles. The van der Waals surface area contributed by atoms with Gasteiger partial charge in [0.15, 0.2) is 7.23 Å². The second kappa shape index (κ2) is 12.0. The maximum atomic E-state index is 13.4. The second-order valence-electron chi connectivity index (χ2n) is 14.4. The predicted molar refractivity (Wildman–Crippen MR) is 182 cm³/mol. The standard InChI is InChI=1S/C37H38N8O5/c46-33-10-8-31(35(48)39-33)45-36(49)27-6-5-24(16-29(27)37(45)50)43-19-25-3-4-26(20-43)44(25)18-21-11-13-42(14-12-21)32-9-7-30(40-41-32)22-1-2-23-17-38-34(47)28(23)15-22/h1-2,5-7,9,15-16,21,25-26,31H,3-4,8,10-14,17-20H2,(H,38,47)(H,39,46,48)/i/hD. The summed E-state index contributed by atoms with van der Waals surface area (Å²) < 4.78 is 7.77. The van der Waals surface area contributed by atoms with Gasteiger partial charge in [0.05, 0.1) is 16.8 Å². The third-order valence-corrected chi connectivity index (χ3v) is 11.5. The van der Waals surface area contributed by atoms with Crippen molar-refractivity contribution in [2.75, 3.05) is 42.5 Å². The van der Waals surface area contributed by atoms with Crippen LogP contribution in [0.5, 0.6) is 0 Å². The van der Waals surface area contributed by atoms with E-state index in [2.05, 4.69) is 30.2 Å². The first-order chi connectivity index (χ1) is 24.7. The van der Waals surface area contributed by atoms with Crippen LogP contribution in [-0.4, -0.2) is 100 Å². The van der Waals surface area contributed by atoms with E-state index in [1.54, 1.807) is 12.1 Å². The van der Waals surface area contributed by atoms with Crippen molar-refractivity contribution in [3.05, 3.63) is 70.8 Å². The number of carbonyl (C=O) groups is 5. The largest absolute Gasteiger partial charge is 0.368 e. The smallest absolute Gasteiger partial charge is 0.262 e. The van der Waals surface area contributed by atoms with E-state index in [9.17, 15) is 24.0 Å². The molecule has 6 aliphatic heterocycles. The van der Waals surface area contributed by atoms with Crippen LogP contribution >= 0.6 is 0 Å². The zero-order valence-corrected chi connectivity index (χ0v) is 27.6. The molecular formula is C37H38N8O5. The van der Waals surface area contributed by atoms with Gasteiger partial charge in [-0.1, -0.05) is 12.1 Å². The number of imide groups is 2. The van der Waals surface area contributed by atoms with E-state index in [0.717, 1.165) is 91.2 Å². The average molecular weight is 676 g/mol. The van der Waals surface area contributed by atoms with Gasteiger partial charge in [0.2, 0.25) is 11.8 Å². The Kier molecular flexibility index (Phi) is 7.14. The topological polar surface area (TPSA) is 148 Å². The lowest BCUT2D eigenvalue weighted by Gasteiger charge is -2.44. The summed E-state index contributed by atoms with van der Waals surface area (Å²) in [5.41, 5.74) is 4.49. The van der Waals surface area contributed by atoms with Gasteiger partial charge in [0.25, 0.3) is 17.7 Å². The van der Waals surface area contributed by atoms with E-state index in [0.29, 0.717) is 46.9 Å². The molecule has 13 nitrogen and oxygen atoms in total. The van der Waals surface area contributed by atoms with Gasteiger partial charge in [-0.05, 0) is 80.0 Å². The summed E-state index contributed by atoms with van der Waals surface area (Å²) in [6.45, 7) is 4.91. The van der Waals surface area contributed by atoms with Crippen LogP contribution in [0.2, 0.25) is 1.41 Å². The Morgan fingerprint density at radius 1 is 0.780 bits per heavy atom. The van der Waals surface area contributed by atoms with Crippen molar-refractivity contribution in [1.29, 1.82) is 0 Å². The van der Waals surface area contributed by atoms with E-state index in [1.165, 1.54) is 0 Å². The van der Waals surface area contributed by atoms with Crippen molar-refractivity contribution in [3.63, 3.8) is 0 Å². The number of amides is 5. The minimum absolute atomic E-state index is 0.0972. The minimum Gasteiger partial charge on any atom is -0.368 e. The normalized spacial score (nSPS) is 25.7. The molecule has 4 fully saturated rings. The van der Waals surface area contributed by atoms with Gasteiger partial charge < -0.3 is 15.1 Å². The molecule has 7 heterocycles. The van der Waals surface area contributed by atoms with Crippen LogP contribution in [0.4, 0.5) is 11.5 Å². The molecule has 3 aromatic rings. The third-order valence-electron chi connectivity index (χ3n) is 11.5. The lowest BCUT2D eigenvalue weighted by atomic mass is 9.95. The predicted octanol–water partition coefficient (Wildman–Crippen LogP) is 2.36. The van der Waals surface area contributed by atoms with Gasteiger partial charge in [0, 0.05) is 74.6 Å². The molecule has 2 N–H and O–H groups in total. The Balaban J connectivity index is 0.802. The first kappa shape index (κ1) is 29.7. The van der Waals surface area contributed by atoms with E-state index in [-0.39, 0.29) is 24.7 Å². The summed E-state index contributed by atoms with van der Waals surface area (Å²) in [6, 6.07) is 14.9.